The molecule has 0 saturated carbocycles. The number of rotatable bonds is 6. The summed E-state index contributed by atoms with van der Waals surface area (Å²) < 4.78 is 0. The van der Waals surface area contributed by atoms with Crippen LogP contribution in [0.2, 0.25) is 5.02 Å². The zero-order valence-electron chi connectivity index (χ0n) is 14.6. The second-order valence-electron chi connectivity index (χ2n) is 5.85. The van der Waals surface area contributed by atoms with E-state index in [0.29, 0.717) is 15.6 Å². The minimum absolute atomic E-state index is 0.136. The van der Waals surface area contributed by atoms with Crippen LogP contribution in [0.4, 0.5) is 5.69 Å². The van der Waals surface area contributed by atoms with Gasteiger partial charge in [-0.25, -0.2) is 0 Å². The molecule has 0 radical (unpaired) electrons. The maximum atomic E-state index is 12.6. The molecule has 0 aliphatic carbocycles. The van der Waals surface area contributed by atoms with E-state index in [-0.39, 0.29) is 5.91 Å². The van der Waals surface area contributed by atoms with Gasteiger partial charge in [0.25, 0.3) is 5.91 Å². The fourth-order valence-electron chi connectivity index (χ4n) is 2.50. The van der Waals surface area contributed by atoms with Crippen molar-refractivity contribution >= 4 is 46.3 Å². The lowest BCUT2D eigenvalue weighted by molar-refractivity contribution is 0.103. The first-order valence-corrected chi connectivity index (χ1v) is 10.6. The number of amides is 1. The minimum Gasteiger partial charge on any atom is -0.321 e. The zero-order valence-corrected chi connectivity index (χ0v) is 17.0. The molecule has 1 aromatic carbocycles. The lowest BCUT2D eigenvalue weighted by Crippen LogP contribution is -2.10. The van der Waals surface area contributed by atoms with Gasteiger partial charge in [-0.1, -0.05) is 24.6 Å². The summed E-state index contributed by atoms with van der Waals surface area (Å²) >= 11 is 9.34. The first-order chi connectivity index (χ1) is 12.6. The minimum atomic E-state index is -0.136. The molecule has 1 N–H and O–H groups in total. The number of carbonyl (C=O) groups is 1. The van der Waals surface area contributed by atoms with Gasteiger partial charge in [0.15, 0.2) is 0 Å². The highest BCUT2D eigenvalue weighted by molar-refractivity contribution is 7.99. The third-order valence-corrected chi connectivity index (χ3v) is 6.04. The predicted octanol–water partition coefficient (Wildman–Crippen LogP) is 6.53. The molecule has 3 rings (SSSR count). The van der Waals surface area contributed by atoms with E-state index >= 15 is 0 Å². The lowest BCUT2D eigenvalue weighted by atomic mass is 10.1. The molecule has 134 valence electrons. The van der Waals surface area contributed by atoms with Gasteiger partial charge in [-0.2, -0.15) is 0 Å². The molecule has 0 spiro atoms. The number of carbonyl (C=O) groups excluding carboxylic acids is 1. The molecule has 0 unspecified atom stereocenters. The average Bonchev–Trinajstić information content (AvgIpc) is 3.10. The molecule has 0 saturated heterocycles. The molecule has 0 aliphatic rings. The molecule has 0 fully saturated rings. The van der Waals surface area contributed by atoms with Gasteiger partial charge in [0.2, 0.25) is 0 Å². The molecule has 3 aromatic rings. The van der Waals surface area contributed by atoms with E-state index in [1.165, 1.54) is 11.3 Å². The lowest BCUT2D eigenvalue weighted by Gasteiger charge is -2.07. The van der Waals surface area contributed by atoms with Crippen LogP contribution in [0.25, 0.3) is 11.3 Å². The van der Waals surface area contributed by atoms with Gasteiger partial charge in [0, 0.05) is 32.7 Å². The summed E-state index contributed by atoms with van der Waals surface area (Å²) in [5.41, 5.74) is 3.67. The molecule has 6 heteroatoms. The van der Waals surface area contributed by atoms with Crippen molar-refractivity contribution in [2.24, 2.45) is 0 Å². The number of benzene rings is 1. The van der Waals surface area contributed by atoms with Crippen LogP contribution < -0.4 is 5.32 Å². The number of pyridine rings is 1. The normalized spacial score (nSPS) is 10.7. The van der Waals surface area contributed by atoms with E-state index < -0.39 is 0 Å². The van der Waals surface area contributed by atoms with Crippen molar-refractivity contribution in [3.8, 4) is 11.3 Å². The third kappa shape index (κ3) is 4.67. The van der Waals surface area contributed by atoms with Gasteiger partial charge in [0.05, 0.1) is 10.6 Å². The maximum Gasteiger partial charge on any atom is 0.265 e. The van der Waals surface area contributed by atoms with Crippen molar-refractivity contribution in [3.63, 3.8) is 0 Å². The average molecular weight is 403 g/mol. The molecule has 0 bridgehead atoms. The third-order valence-electron chi connectivity index (χ3n) is 3.71. The van der Waals surface area contributed by atoms with Crippen LogP contribution in [0.5, 0.6) is 0 Å². The highest BCUT2D eigenvalue weighted by atomic mass is 35.5. The molecule has 0 aliphatic heterocycles. The Balaban J connectivity index is 1.77. The number of nitrogens with one attached hydrogen (secondary N) is 1. The van der Waals surface area contributed by atoms with Crippen molar-refractivity contribution in [2.45, 2.75) is 25.2 Å². The Morgan fingerprint density at radius 1 is 1.31 bits per heavy atom. The van der Waals surface area contributed by atoms with Gasteiger partial charge in [-0.05, 0) is 55.0 Å². The summed E-state index contributed by atoms with van der Waals surface area (Å²) in [6.45, 7) is 4.15. The van der Waals surface area contributed by atoms with Crippen LogP contribution in [0.1, 0.15) is 28.6 Å². The first kappa shape index (κ1) is 19.0. The number of nitrogens with zero attached hydrogens (tertiary/aromatic N) is 1. The fraction of sp³-hybridized carbons (Fsp3) is 0.200. The summed E-state index contributed by atoms with van der Waals surface area (Å²) in [6, 6.07) is 11.5. The summed E-state index contributed by atoms with van der Waals surface area (Å²) in [6.07, 6.45) is 2.85. The van der Waals surface area contributed by atoms with E-state index in [9.17, 15) is 4.79 Å². The smallest absolute Gasteiger partial charge is 0.265 e. The molecule has 0 atom stereocenters. The van der Waals surface area contributed by atoms with Crippen molar-refractivity contribution in [3.05, 3.63) is 63.4 Å². The van der Waals surface area contributed by atoms with Crippen molar-refractivity contribution in [1.29, 1.82) is 0 Å². The summed E-state index contributed by atoms with van der Waals surface area (Å²) in [5.74, 6) is 0.884. The Morgan fingerprint density at radius 2 is 2.15 bits per heavy atom. The van der Waals surface area contributed by atoms with Gasteiger partial charge < -0.3 is 5.32 Å². The Labute approximate surface area is 166 Å². The van der Waals surface area contributed by atoms with Crippen molar-refractivity contribution < 1.29 is 4.79 Å². The number of aryl methyl sites for hydroxylation is 1. The molecule has 2 heterocycles. The van der Waals surface area contributed by atoms with Gasteiger partial charge >= 0.3 is 0 Å². The first-order valence-electron chi connectivity index (χ1n) is 8.32. The Bertz CT molecular complexity index is 924. The quantitative estimate of drug-likeness (QED) is 0.477. The van der Waals surface area contributed by atoms with Gasteiger partial charge in [-0.3, -0.25) is 9.78 Å². The monoisotopic (exact) mass is 402 g/mol. The number of hydrogen-bond acceptors (Lipinski definition) is 4. The Kier molecular flexibility index (Phi) is 6.35. The molecule has 3 nitrogen and oxygen atoms in total. The van der Waals surface area contributed by atoms with E-state index in [2.05, 4.69) is 17.2 Å². The van der Waals surface area contributed by atoms with E-state index in [0.717, 1.165) is 33.9 Å². The number of hydrogen-bond donors (Lipinski definition) is 1. The maximum absolute atomic E-state index is 12.6. The van der Waals surface area contributed by atoms with Gasteiger partial charge in [-0.15, -0.1) is 23.1 Å². The Morgan fingerprint density at radius 3 is 2.92 bits per heavy atom. The highest BCUT2D eigenvalue weighted by Gasteiger charge is 2.13. The number of thiophene rings is 1. The molecule has 26 heavy (non-hydrogen) atoms. The van der Waals surface area contributed by atoms with Crippen molar-refractivity contribution in [1.82, 2.24) is 4.98 Å². The molecular weight excluding hydrogens is 384 g/mol. The summed E-state index contributed by atoms with van der Waals surface area (Å²) in [4.78, 5) is 18.7. The van der Waals surface area contributed by atoms with E-state index in [4.69, 9.17) is 11.6 Å². The number of aromatic nitrogens is 1. The summed E-state index contributed by atoms with van der Waals surface area (Å²) in [5, 5.41) is 5.53. The van der Waals surface area contributed by atoms with E-state index in [1.54, 1.807) is 24.0 Å². The highest BCUT2D eigenvalue weighted by Crippen LogP contribution is 2.29. The van der Waals surface area contributed by atoms with Gasteiger partial charge in [0.1, 0.15) is 0 Å². The number of halogens is 1. The number of anilines is 1. The van der Waals surface area contributed by atoms with Crippen molar-refractivity contribution in [2.75, 3.05) is 11.1 Å². The van der Waals surface area contributed by atoms with E-state index in [1.807, 2.05) is 42.6 Å². The summed E-state index contributed by atoms with van der Waals surface area (Å²) in [7, 11) is 0. The SMILES string of the molecule is CCCSc1cc(Cl)cc(NC(=O)c2cc(-c3ncccc3C)cs2)c1. The predicted molar refractivity (Wildman–Crippen MR) is 113 cm³/mol. The van der Waals surface area contributed by atoms with Crippen LogP contribution in [-0.4, -0.2) is 16.6 Å². The fourth-order valence-corrected chi connectivity index (χ4v) is 4.45. The topological polar surface area (TPSA) is 42.0 Å². The standard InChI is InChI=1S/C20H19ClN2OS2/c1-3-7-25-17-10-15(21)9-16(11-17)23-20(24)18-8-14(12-26-18)19-13(2)5-4-6-22-19/h4-6,8-12H,3,7H2,1-2H3,(H,23,24). The van der Waals surface area contributed by atoms with Crippen LogP contribution in [-0.2, 0) is 0 Å². The second-order valence-corrected chi connectivity index (χ2v) is 8.36. The molecule has 2 aromatic heterocycles. The largest absolute Gasteiger partial charge is 0.321 e. The molecule has 1 amide bonds. The van der Waals surface area contributed by atoms with Crippen LogP contribution in [0.3, 0.4) is 0 Å². The zero-order chi connectivity index (χ0) is 18.5. The number of thioether (sulfide) groups is 1. The second kappa shape index (κ2) is 8.71. The van der Waals surface area contributed by atoms with Crippen LogP contribution in [0.15, 0.2) is 52.9 Å². The van der Waals surface area contributed by atoms with Crippen LogP contribution >= 0.6 is 34.7 Å². The molecular formula is C20H19ClN2OS2. The Hall–Kier alpha value is -1.82. The van der Waals surface area contributed by atoms with Crippen LogP contribution in [0, 0.1) is 6.92 Å².